The van der Waals surface area contributed by atoms with Gasteiger partial charge in [-0.15, -0.1) is 0 Å². The zero-order valence-corrected chi connectivity index (χ0v) is 11.7. The van der Waals surface area contributed by atoms with Crippen molar-refractivity contribution in [3.63, 3.8) is 0 Å². The third kappa shape index (κ3) is 4.65. The van der Waals surface area contributed by atoms with Gasteiger partial charge in [0.2, 0.25) is 0 Å². The number of carbonyl (C=O) groups is 1. The molecule has 0 aliphatic heterocycles. The molecular weight excluding hydrogens is 228 g/mol. The minimum Gasteiger partial charge on any atom is -0.497 e. The standard InChI is InChI=1S/C14H22N2O2/c1-10(15-13(17)16-14(2,3)4)11-6-8-12(18-5)9-7-11/h6-10H,1-5H3,(H2,15,16,17). The van der Waals surface area contributed by atoms with E-state index >= 15 is 0 Å². The molecule has 0 spiro atoms. The fraction of sp³-hybridized carbons (Fsp3) is 0.500. The van der Waals surface area contributed by atoms with Crippen molar-refractivity contribution in [3.8, 4) is 5.75 Å². The number of ether oxygens (including phenoxy) is 1. The molecule has 1 atom stereocenters. The van der Waals surface area contributed by atoms with E-state index in [2.05, 4.69) is 10.6 Å². The second-order valence-electron chi connectivity index (χ2n) is 5.34. The zero-order chi connectivity index (χ0) is 13.8. The number of rotatable bonds is 3. The summed E-state index contributed by atoms with van der Waals surface area (Å²) in [4.78, 5) is 11.7. The summed E-state index contributed by atoms with van der Waals surface area (Å²) in [6.07, 6.45) is 0. The van der Waals surface area contributed by atoms with Crippen LogP contribution < -0.4 is 15.4 Å². The first-order valence-electron chi connectivity index (χ1n) is 6.04. The first-order chi connectivity index (χ1) is 8.31. The molecule has 4 heteroatoms. The van der Waals surface area contributed by atoms with Crippen molar-refractivity contribution in [1.82, 2.24) is 10.6 Å². The fourth-order valence-corrected chi connectivity index (χ4v) is 1.55. The predicted octanol–water partition coefficient (Wildman–Crippen LogP) is 2.85. The number of methoxy groups -OCH3 is 1. The fourth-order valence-electron chi connectivity index (χ4n) is 1.55. The Hall–Kier alpha value is -1.71. The van der Waals surface area contributed by atoms with Crippen LogP contribution in [0.3, 0.4) is 0 Å². The van der Waals surface area contributed by atoms with Crippen molar-refractivity contribution in [3.05, 3.63) is 29.8 Å². The largest absolute Gasteiger partial charge is 0.497 e. The molecule has 1 aromatic carbocycles. The Labute approximate surface area is 109 Å². The van der Waals surface area contributed by atoms with Crippen molar-refractivity contribution in [2.45, 2.75) is 39.3 Å². The lowest BCUT2D eigenvalue weighted by Crippen LogP contribution is -2.47. The Bertz CT molecular complexity index is 393. The van der Waals surface area contributed by atoms with Crippen LogP contribution in [0.2, 0.25) is 0 Å². The van der Waals surface area contributed by atoms with Crippen molar-refractivity contribution < 1.29 is 9.53 Å². The normalized spacial score (nSPS) is 12.7. The van der Waals surface area contributed by atoms with E-state index in [1.165, 1.54) is 0 Å². The van der Waals surface area contributed by atoms with Gasteiger partial charge >= 0.3 is 6.03 Å². The van der Waals surface area contributed by atoms with E-state index in [1.807, 2.05) is 52.0 Å². The van der Waals surface area contributed by atoms with Crippen LogP contribution in [0.15, 0.2) is 24.3 Å². The minimum absolute atomic E-state index is 0.0433. The molecule has 100 valence electrons. The number of nitrogens with one attached hydrogen (secondary N) is 2. The number of amides is 2. The molecule has 0 aromatic heterocycles. The summed E-state index contributed by atoms with van der Waals surface area (Å²) in [6.45, 7) is 7.80. The number of hydrogen-bond donors (Lipinski definition) is 2. The van der Waals surface area contributed by atoms with E-state index in [0.717, 1.165) is 11.3 Å². The molecule has 4 nitrogen and oxygen atoms in total. The smallest absolute Gasteiger partial charge is 0.315 e. The zero-order valence-electron chi connectivity index (χ0n) is 11.7. The summed E-state index contributed by atoms with van der Waals surface area (Å²) in [5, 5.41) is 5.77. The Balaban J connectivity index is 2.59. The summed E-state index contributed by atoms with van der Waals surface area (Å²) < 4.78 is 5.10. The Morgan fingerprint density at radius 2 is 1.78 bits per heavy atom. The summed E-state index contributed by atoms with van der Waals surface area (Å²) in [5.41, 5.74) is 0.809. The van der Waals surface area contributed by atoms with Crippen LogP contribution in [-0.4, -0.2) is 18.7 Å². The molecule has 0 radical (unpaired) electrons. The molecule has 0 saturated heterocycles. The van der Waals surface area contributed by atoms with Gasteiger partial charge in [0.25, 0.3) is 0 Å². The lowest BCUT2D eigenvalue weighted by Gasteiger charge is -2.23. The lowest BCUT2D eigenvalue weighted by molar-refractivity contribution is 0.229. The van der Waals surface area contributed by atoms with Gasteiger partial charge in [-0.3, -0.25) is 0 Å². The summed E-state index contributed by atoms with van der Waals surface area (Å²) in [5.74, 6) is 0.810. The summed E-state index contributed by atoms with van der Waals surface area (Å²) in [6, 6.07) is 7.45. The average Bonchev–Trinajstić information content (AvgIpc) is 2.26. The molecule has 0 heterocycles. The van der Waals surface area contributed by atoms with Gasteiger partial charge in [0.15, 0.2) is 0 Å². The maximum atomic E-state index is 11.7. The Morgan fingerprint density at radius 1 is 1.22 bits per heavy atom. The highest BCUT2D eigenvalue weighted by Crippen LogP contribution is 2.17. The van der Waals surface area contributed by atoms with Crippen molar-refractivity contribution in [2.24, 2.45) is 0 Å². The molecule has 1 aromatic rings. The number of benzene rings is 1. The highest BCUT2D eigenvalue weighted by Gasteiger charge is 2.15. The third-order valence-corrected chi connectivity index (χ3v) is 2.45. The lowest BCUT2D eigenvalue weighted by atomic mass is 10.1. The quantitative estimate of drug-likeness (QED) is 0.866. The molecule has 2 N–H and O–H groups in total. The number of carbonyl (C=O) groups excluding carboxylic acids is 1. The molecule has 2 amide bonds. The van der Waals surface area contributed by atoms with E-state index in [4.69, 9.17) is 4.74 Å². The molecule has 0 bridgehead atoms. The molecule has 0 fully saturated rings. The molecular formula is C14H22N2O2. The van der Waals surface area contributed by atoms with Crippen molar-refractivity contribution >= 4 is 6.03 Å². The first-order valence-corrected chi connectivity index (χ1v) is 6.04. The van der Waals surface area contributed by atoms with Crippen LogP contribution >= 0.6 is 0 Å². The second kappa shape index (κ2) is 5.76. The topological polar surface area (TPSA) is 50.4 Å². The van der Waals surface area contributed by atoms with Crippen LogP contribution in [0.5, 0.6) is 5.75 Å². The monoisotopic (exact) mass is 250 g/mol. The van der Waals surface area contributed by atoms with Crippen LogP contribution in [0.1, 0.15) is 39.3 Å². The van der Waals surface area contributed by atoms with Gasteiger partial charge < -0.3 is 15.4 Å². The van der Waals surface area contributed by atoms with E-state index < -0.39 is 0 Å². The van der Waals surface area contributed by atoms with Crippen molar-refractivity contribution in [2.75, 3.05) is 7.11 Å². The molecule has 0 saturated carbocycles. The van der Waals surface area contributed by atoms with Crippen molar-refractivity contribution in [1.29, 1.82) is 0 Å². The minimum atomic E-state index is -0.232. The SMILES string of the molecule is COc1ccc(C(C)NC(=O)NC(C)(C)C)cc1. The summed E-state index contributed by atoms with van der Waals surface area (Å²) in [7, 11) is 1.63. The molecule has 1 rings (SSSR count). The predicted molar refractivity (Wildman–Crippen MR) is 72.8 cm³/mol. The molecule has 0 aliphatic rings. The van der Waals surface area contributed by atoms with Gasteiger partial charge in [0, 0.05) is 5.54 Å². The van der Waals surface area contributed by atoms with E-state index in [0.29, 0.717) is 0 Å². The highest BCUT2D eigenvalue weighted by atomic mass is 16.5. The molecule has 18 heavy (non-hydrogen) atoms. The maximum absolute atomic E-state index is 11.7. The van der Waals surface area contributed by atoms with Gasteiger partial charge in [-0.2, -0.15) is 0 Å². The van der Waals surface area contributed by atoms with Crippen LogP contribution in [-0.2, 0) is 0 Å². The van der Waals surface area contributed by atoms with Gasteiger partial charge in [-0.25, -0.2) is 4.79 Å². The van der Waals surface area contributed by atoms with Crippen LogP contribution in [0, 0.1) is 0 Å². The average molecular weight is 250 g/mol. The summed E-state index contributed by atoms with van der Waals surface area (Å²) >= 11 is 0. The molecule has 0 aliphatic carbocycles. The second-order valence-corrected chi connectivity index (χ2v) is 5.34. The Morgan fingerprint density at radius 3 is 2.22 bits per heavy atom. The van der Waals surface area contributed by atoms with Gasteiger partial charge in [0.1, 0.15) is 5.75 Å². The van der Waals surface area contributed by atoms with Crippen LogP contribution in [0.4, 0.5) is 4.79 Å². The highest BCUT2D eigenvalue weighted by molar-refractivity contribution is 5.75. The van der Waals surface area contributed by atoms with Gasteiger partial charge in [-0.1, -0.05) is 12.1 Å². The van der Waals surface area contributed by atoms with E-state index in [9.17, 15) is 4.79 Å². The maximum Gasteiger partial charge on any atom is 0.315 e. The van der Waals surface area contributed by atoms with E-state index in [1.54, 1.807) is 7.11 Å². The Kier molecular flexibility index (Phi) is 4.59. The van der Waals surface area contributed by atoms with Gasteiger partial charge in [-0.05, 0) is 45.4 Å². The first kappa shape index (κ1) is 14.4. The van der Waals surface area contributed by atoms with Crippen LogP contribution in [0.25, 0.3) is 0 Å². The number of urea groups is 1. The van der Waals surface area contributed by atoms with Gasteiger partial charge in [0.05, 0.1) is 13.2 Å². The number of hydrogen-bond acceptors (Lipinski definition) is 2. The van der Waals surface area contributed by atoms with E-state index in [-0.39, 0.29) is 17.6 Å². The third-order valence-electron chi connectivity index (χ3n) is 2.45. The molecule has 1 unspecified atom stereocenters.